The summed E-state index contributed by atoms with van der Waals surface area (Å²) in [7, 11) is 0. The summed E-state index contributed by atoms with van der Waals surface area (Å²) in [4.78, 5) is 26.5. The number of hydrogen-bond donors (Lipinski definition) is 1. The third kappa shape index (κ3) is 4.86. The molecule has 30 heavy (non-hydrogen) atoms. The van der Waals surface area contributed by atoms with Crippen molar-refractivity contribution in [1.82, 2.24) is 4.90 Å². The average molecular weight is 422 g/mol. The van der Waals surface area contributed by atoms with E-state index in [1.54, 1.807) is 25.7 Å². The van der Waals surface area contributed by atoms with E-state index in [4.69, 9.17) is 19.9 Å². The van der Waals surface area contributed by atoms with E-state index in [9.17, 15) is 14.0 Å². The van der Waals surface area contributed by atoms with Gasteiger partial charge in [0.1, 0.15) is 28.4 Å². The molecule has 2 N–H and O–H groups in total. The molecular formula is C22H31FN2O5. The quantitative estimate of drug-likeness (QED) is 0.690. The van der Waals surface area contributed by atoms with Crippen LogP contribution in [0.1, 0.15) is 76.3 Å². The van der Waals surface area contributed by atoms with Crippen LogP contribution in [0.2, 0.25) is 0 Å². The first-order valence-electron chi connectivity index (χ1n) is 10.2. The van der Waals surface area contributed by atoms with Gasteiger partial charge in [0, 0.05) is 31.0 Å². The second-order valence-corrected chi connectivity index (χ2v) is 10.1. The number of carbonyl (C=O) groups excluding carboxylic acids is 2. The maximum atomic E-state index is 14.6. The van der Waals surface area contributed by atoms with Crippen LogP contribution in [0, 0.1) is 5.82 Å². The second kappa shape index (κ2) is 7.41. The fourth-order valence-corrected chi connectivity index (χ4v) is 3.80. The van der Waals surface area contributed by atoms with Crippen LogP contribution in [0.5, 0.6) is 5.75 Å². The van der Waals surface area contributed by atoms with Crippen LogP contribution in [0.4, 0.5) is 9.18 Å². The largest absolute Gasteiger partial charge is 0.485 e. The second-order valence-electron chi connectivity index (χ2n) is 10.1. The number of benzene rings is 1. The van der Waals surface area contributed by atoms with Gasteiger partial charge < -0.3 is 24.8 Å². The van der Waals surface area contributed by atoms with Crippen LogP contribution in [-0.2, 0) is 9.47 Å². The molecule has 2 unspecified atom stereocenters. The first-order chi connectivity index (χ1) is 13.7. The van der Waals surface area contributed by atoms with Crippen LogP contribution in [0.25, 0.3) is 0 Å². The highest BCUT2D eigenvalue weighted by molar-refractivity contribution is 5.90. The lowest BCUT2D eigenvalue weighted by Crippen LogP contribution is -2.46. The Kier molecular flexibility index (Phi) is 5.52. The number of halogens is 1. The molecule has 166 valence electrons. The van der Waals surface area contributed by atoms with Gasteiger partial charge in [-0.1, -0.05) is 0 Å². The molecule has 1 spiro atoms. The Morgan fingerprint density at radius 2 is 1.80 bits per heavy atom. The van der Waals surface area contributed by atoms with E-state index in [0.717, 1.165) is 0 Å². The van der Waals surface area contributed by atoms with Gasteiger partial charge in [0.15, 0.2) is 0 Å². The highest BCUT2D eigenvalue weighted by Crippen LogP contribution is 2.44. The van der Waals surface area contributed by atoms with Crippen LogP contribution in [0.15, 0.2) is 12.1 Å². The standard InChI is InChI=1S/C22H31FN2O5/c1-20(2,3)29-18(26)13-10-17-14(9-15(13)23)16(24)11-22(28-17)7-8-25(12-22)19(27)30-21(4,5)6/h9-10,16H,7-8,11-12,24H2,1-6H3. The maximum absolute atomic E-state index is 14.6. The highest BCUT2D eigenvalue weighted by Gasteiger charge is 2.47. The lowest BCUT2D eigenvalue weighted by molar-refractivity contribution is 0.00600. The summed E-state index contributed by atoms with van der Waals surface area (Å²) in [5.74, 6) is -1.11. The van der Waals surface area contributed by atoms with Crippen molar-refractivity contribution in [3.63, 3.8) is 0 Å². The monoisotopic (exact) mass is 422 g/mol. The third-order valence-electron chi connectivity index (χ3n) is 5.00. The highest BCUT2D eigenvalue weighted by atomic mass is 19.1. The number of nitrogens with zero attached hydrogens (tertiary/aromatic N) is 1. The number of fused-ring (bicyclic) bond motifs is 1. The van der Waals surface area contributed by atoms with Gasteiger partial charge in [0.05, 0.1) is 12.1 Å². The van der Waals surface area contributed by atoms with Crippen LogP contribution >= 0.6 is 0 Å². The van der Waals surface area contributed by atoms with Gasteiger partial charge in [-0.15, -0.1) is 0 Å². The van der Waals surface area contributed by atoms with Crippen molar-refractivity contribution in [2.45, 2.75) is 77.2 Å². The summed E-state index contributed by atoms with van der Waals surface area (Å²) in [6.45, 7) is 11.4. The lowest BCUT2D eigenvalue weighted by atomic mass is 9.86. The Morgan fingerprint density at radius 1 is 1.17 bits per heavy atom. The van der Waals surface area contributed by atoms with Gasteiger partial charge in [-0.05, 0) is 53.7 Å². The SMILES string of the molecule is CC(C)(C)OC(=O)c1cc2c(cc1F)C(N)CC1(CCN(C(=O)OC(C)(C)C)C1)O2. The van der Waals surface area contributed by atoms with E-state index in [1.165, 1.54) is 12.1 Å². The molecule has 0 aliphatic carbocycles. The maximum Gasteiger partial charge on any atom is 0.410 e. The molecular weight excluding hydrogens is 391 g/mol. The van der Waals surface area contributed by atoms with E-state index in [0.29, 0.717) is 37.2 Å². The summed E-state index contributed by atoms with van der Waals surface area (Å²) in [5, 5.41) is 0. The predicted molar refractivity (Wildman–Crippen MR) is 109 cm³/mol. The molecule has 0 aromatic heterocycles. The Bertz CT molecular complexity index is 858. The topological polar surface area (TPSA) is 91.1 Å². The summed E-state index contributed by atoms with van der Waals surface area (Å²) in [6.07, 6.45) is 0.596. The fourth-order valence-electron chi connectivity index (χ4n) is 3.80. The minimum Gasteiger partial charge on any atom is -0.485 e. The van der Waals surface area contributed by atoms with E-state index in [-0.39, 0.29) is 5.56 Å². The first-order valence-corrected chi connectivity index (χ1v) is 10.2. The van der Waals surface area contributed by atoms with Crippen LogP contribution < -0.4 is 10.5 Å². The van der Waals surface area contributed by atoms with Crippen molar-refractivity contribution in [2.24, 2.45) is 5.73 Å². The zero-order chi connectivity index (χ0) is 22.5. The summed E-state index contributed by atoms with van der Waals surface area (Å²) < 4.78 is 31.6. The number of carbonyl (C=O) groups is 2. The molecule has 1 aromatic rings. The average Bonchev–Trinajstić information content (AvgIpc) is 2.95. The molecule has 0 saturated carbocycles. The molecule has 0 radical (unpaired) electrons. The van der Waals surface area contributed by atoms with Gasteiger partial charge in [-0.25, -0.2) is 14.0 Å². The smallest absolute Gasteiger partial charge is 0.410 e. The van der Waals surface area contributed by atoms with Crippen molar-refractivity contribution in [2.75, 3.05) is 13.1 Å². The molecule has 0 bridgehead atoms. The molecule has 8 heteroatoms. The normalized spacial score (nSPS) is 23.7. The van der Waals surface area contributed by atoms with E-state index in [1.807, 2.05) is 20.8 Å². The minimum atomic E-state index is -0.763. The molecule has 1 aromatic carbocycles. The van der Waals surface area contributed by atoms with E-state index >= 15 is 0 Å². The Balaban J connectivity index is 1.83. The molecule has 2 heterocycles. The van der Waals surface area contributed by atoms with Gasteiger partial charge in [0.2, 0.25) is 0 Å². The lowest BCUT2D eigenvalue weighted by Gasteiger charge is -2.38. The Hall–Kier alpha value is -2.35. The first kappa shape index (κ1) is 22.3. The van der Waals surface area contributed by atoms with Crippen molar-refractivity contribution in [3.8, 4) is 5.75 Å². The van der Waals surface area contributed by atoms with Crippen molar-refractivity contribution >= 4 is 12.1 Å². The molecule has 2 aliphatic heterocycles. The van der Waals surface area contributed by atoms with Crippen LogP contribution in [0.3, 0.4) is 0 Å². The van der Waals surface area contributed by atoms with Crippen molar-refractivity contribution < 1.29 is 28.2 Å². The number of nitrogens with two attached hydrogens (primary N) is 1. The molecule has 7 nitrogen and oxygen atoms in total. The fraction of sp³-hybridized carbons (Fsp3) is 0.636. The third-order valence-corrected chi connectivity index (χ3v) is 5.00. The molecule has 2 atom stereocenters. The number of likely N-dealkylation sites (tertiary alicyclic amines) is 1. The summed E-state index contributed by atoms with van der Waals surface area (Å²) in [6, 6.07) is 2.12. The summed E-state index contributed by atoms with van der Waals surface area (Å²) in [5.41, 5.74) is 4.58. The predicted octanol–water partition coefficient (Wildman–Crippen LogP) is 3.94. The zero-order valence-corrected chi connectivity index (χ0v) is 18.5. The molecule has 2 aliphatic rings. The number of esters is 1. The van der Waals surface area contributed by atoms with Gasteiger partial charge >= 0.3 is 12.1 Å². The van der Waals surface area contributed by atoms with Gasteiger partial charge in [-0.3, -0.25) is 0 Å². The van der Waals surface area contributed by atoms with E-state index in [2.05, 4.69) is 0 Å². The minimum absolute atomic E-state index is 0.199. The Morgan fingerprint density at radius 3 is 2.40 bits per heavy atom. The number of amides is 1. The van der Waals surface area contributed by atoms with Gasteiger partial charge in [0.25, 0.3) is 0 Å². The Labute approximate surface area is 176 Å². The van der Waals surface area contributed by atoms with Crippen molar-refractivity contribution in [1.29, 1.82) is 0 Å². The zero-order valence-electron chi connectivity index (χ0n) is 18.5. The van der Waals surface area contributed by atoms with Crippen molar-refractivity contribution in [3.05, 3.63) is 29.1 Å². The summed E-state index contributed by atoms with van der Waals surface area (Å²) >= 11 is 0. The molecule has 1 amide bonds. The van der Waals surface area contributed by atoms with E-state index < -0.39 is 40.7 Å². The number of hydrogen-bond acceptors (Lipinski definition) is 6. The van der Waals surface area contributed by atoms with Crippen LogP contribution in [-0.4, -0.2) is 46.9 Å². The number of ether oxygens (including phenoxy) is 3. The number of rotatable bonds is 1. The molecule has 3 rings (SSSR count). The molecule has 1 saturated heterocycles. The van der Waals surface area contributed by atoms with Gasteiger partial charge in [-0.2, -0.15) is 0 Å². The molecule has 1 fully saturated rings.